The van der Waals surface area contributed by atoms with Gasteiger partial charge in [-0.3, -0.25) is 0 Å². The molecular formula is C50H30N4. The molecule has 1 aliphatic heterocycles. The standard InChI is InChI=1S/C50H30N4/c51-31-33-26-34(32-52)28-38(27-33)36-14-11-17-40(29-36)54-48-25-22-37(35-12-3-1-4-13-35)30-46(48)45-24-23-44-42-19-8-7-18-41(42)43-20-9-10-21-47(43)53(49(44)50(45)54)39-15-5-2-6-16-39/h1-30H. The molecule has 1 aliphatic rings. The Labute approximate surface area is 313 Å². The van der Waals surface area contributed by atoms with Crippen molar-refractivity contribution in [1.29, 1.82) is 10.5 Å². The molecule has 0 bridgehead atoms. The smallest absolute Gasteiger partial charge is 0.0992 e. The molecule has 250 valence electrons. The van der Waals surface area contributed by atoms with Crippen LogP contribution in [0.3, 0.4) is 0 Å². The van der Waals surface area contributed by atoms with Crippen LogP contribution in [0.25, 0.3) is 72.0 Å². The number of benzene rings is 8. The van der Waals surface area contributed by atoms with Gasteiger partial charge in [-0.05, 0) is 94.0 Å². The first-order chi connectivity index (χ1) is 26.7. The van der Waals surface area contributed by atoms with Crippen LogP contribution in [0.2, 0.25) is 0 Å². The maximum Gasteiger partial charge on any atom is 0.0992 e. The molecule has 0 spiro atoms. The summed E-state index contributed by atoms with van der Waals surface area (Å²) >= 11 is 0. The molecule has 0 aliphatic carbocycles. The van der Waals surface area contributed by atoms with Crippen molar-refractivity contribution < 1.29 is 0 Å². The maximum absolute atomic E-state index is 9.80. The molecule has 0 unspecified atom stereocenters. The number of nitrogens with zero attached hydrogens (tertiary/aromatic N) is 4. The monoisotopic (exact) mass is 686 g/mol. The van der Waals surface area contributed by atoms with Crippen LogP contribution in [-0.4, -0.2) is 4.57 Å². The molecule has 10 rings (SSSR count). The first-order valence-corrected chi connectivity index (χ1v) is 18.0. The van der Waals surface area contributed by atoms with Crippen molar-refractivity contribution in [3.05, 3.63) is 193 Å². The number of hydrogen-bond donors (Lipinski definition) is 0. The minimum absolute atomic E-state index is 0.459. The van der Waals surface area contributed by atoms with Gasteiger partial charge in [0.15, 0.2) is 0 Å². The largest absolute Gasteiger partial charge is 0.307 e. The van der Waals surface area contributed by atoms with Crippen molar-refractivity contribution >= 4 is 38.9 Å². The van der Waals surface area contributed by atoms with Gasteiger partial charge < -0.3 is 9.47 Å². The zero-order valence-corrected chi connectivity index (χ0v) is 29.1. The summed E-state index contributed by atoms with van der Waals surface area (Å²) in [6, 6.07) is 68.2. The summed E-state index contributed by atoms with van der Waals surface area (Å²) in [6.45, 7) is 0. The van der Waals surface area contributed by atoms with E-state index in [1.54, 1.807) is 6.07 Å². The van der Waals surface area contributed by atoms with E-state index in [-0.39, 0.29) is 0 Å². The number of hydrogen-bond acceptors (Lipinski definition) is 3. The molecule has 0 atom stereocenters. The van der Waals surface area contributed by atoms with Crippen LogP contribution >= 0.6 is 0 Å². The highest BCUT2D eigenvalue weighted by Gasteiger charge is 2.30. The van der Waals surface area contributed by atoms with Crippen molar-refractivity contribution in [2.75, 3.05) is 4.90 Å². The van der Waals surface area contributed by atoms with Gasteiger partial charge in [0.2, 0.25) is 0 Å². The highest BCUT2D eigenvalue weighted by atomic mass is 15.2. The summed E-state index contributed by atoms with van der Waals surface area (Å²) in [5, 5.41) is 21.9. The summed E-state index contributed by atoms with van der Waals surface area (Å²) in [4.78, 5) is 2.43. The van der Waals surface area contributed by atoms with Gasteiger partial charge in [-0.2, -0.15) is 10.5 Å². The predicted octanol–water partition coefficient (Wildman–Crippen LogP) is 13.0. The summed E-state index contributed by atoms with van der Waals surface area (Å²) in [5.41, 5.74) is 16.1. The molecule has 0 saturated carbocycles. The van der Waals surface area contributed by atoms with E-state index in [0.29, 0.717) is 11.1 Å². The van der Waals surface area contributed by atoms with Gasteiger partial charge in [0, 0.05) is 33.3 Å². The van der Waals surface area contributed by atoms with Gasteiger partial charge in [0.1, 0.15) is 0 Å². The van der Waals surface area contributed by atoms with Gasteiger partial charge in [0.25, 0.3) is 0 Å². The van der Waals surface area contributed by atoms with Crippen LogP contribution in [0.4, 0.5) is 17.1 Å². The first kappa shape index (κ1) is 31.1. The van der Waals surface area contributed by atoms with Gasteiger partial charge >= 0.3 is 0 Å². The Hall–Kier alpha value is -7.66. The Morgan fingerprint density at radius 1 is 0.389 bits per heavy atom. The number of rotatable bonds is 4. The van der Waals surface area contributed by atoms with E-state index in [1.165, 1.54) is 16.7 Å². The third-order valence-corrected chi connectivity index (χ3v) is 10.5. The summed E-state index contributed by atoms with van der Waals surface area (Å²) in [5.74, 6) is 0. The average Bonchev–Trinajstić information content (AvgIpc) is 3.52. The van der Waals surface area contributed by atoms with E-state index in [2.05, 4.69) is 179 Å². The Balaban J connectivity index is 1.36. The van der Waals surface area contributed by atoms with Crippen molar-refractivity contribution in [1.82, 2.24) is 4.57 Å². The highest BCUT2D eigenvalue weighted by Crippen LogP contribution is 2.54. The Morgan fingerprint density at radius 3 is 1.74 bits per heavy atom. The van der Waals surface area contributed by atoms with Crippen LogP contribution in [0.15, 0.2) is 182 Å². The van der Waals surface area contributed by atoms with Crippen molar-refractivity contribution in [2.24, 2.45) is 0 Å². The number of aromatic nitrogens is 1. The van der Waals surface area contributed by atoms with Gasteiger partial charge in [-0.25, -0.2) is 0 Å². The lowest BCUT2D eigenvalue weighted by atomic mass is 9.94. The van der Waals surface area contributed by atoms with Crippen LogP contribution in [0.5, 0.6) is 0 Å². The van der Waals surface area contributed by atoms with E-state index in [4.69, 9.17) is 0 Å². The van der Waals surface area contributed by atoms with E-state index >= 15 is 0 Å². The molecule has 0 fully saturated rings. The zero-order chi connectivity index (χ0) is 36.2. The third kappa shape index (κ3) is 4.90. The number of para-hydroxylation sites is 2. The molecule has 0 radical (unpaired) electrons. The molecule has 4 nitrogen and oxygen atoms in total. The molecule has 9 aromatic rings. The van der Waals surface area contributed by atoms with Crippen molar-refractivity contribution in [3.63, 3.8) is 0 Å². The zero-order valence-electron chi connectivity index (χ0n) is 29.1. The average molecular weight is 687 g/mol. The Morgan fingerprint density at radius 2 is 1.00 bits per heavy atom. The number of nitriles is 2. The van der Waals surface area contributed by atoms with Crippen LogP contribution in [-0.2, 0) is 0 Å². The minimum atomic E-state index is 0.459. The van der Waals surface area contributed by atoms with Crippen molar-refractivity contribution in [2.45, 2.75) is 0 Å². The predicted molar refractivity (Wildman–Crippen MR) is 220 cm³/mol. The molecule has 4 heteroatoms. The quantitative estimate of drug-likeness (QED) is 0.185. The maximum atomic E-state index is 9.80. The Kier molecular flexibility index (Phi) is 7.22. The second-order valence-electron chi connectivity index (χ2n) is 13.6. The van der Waals surface area contributed by atoms with E-state index < -0.39 is 0 Å². The van der Waals surface area contributed by atoms with E-state index in [9.17, 15) is 10.5 Å². The minimum Gasteiger partial charge on any atom is -0.307 e. The van der Waals surface area contributed by atoms with Gasteiger partial charge in [0.05, 0.1) is 45.7 Å². The summed E-state index contributed by atoms with van der Waals surface area (Å²) < 4.78 is 2.40. The summed E-state index contributed by atoms with van der Waals surface area (Å²) in [6.07, 6.45) is 0. The lowest BCUT2D eigenvalue weighted by Crippen LogP contribution is -2.12. The van der Waals surface area contributed by atoms with E-state index in [0.717, 1.165) is 72.4 Å². The topological polar surface area (TPSA) is 55.8 Å². The molecule has 0 N–H and O–H groups in total. The molecule has 54 heavy (non-hydrogen) atoms. The second-order valence-corrected chi connectivity index (χ2v) is 13.6. The fourth-order valence-corrected chi connectivity index (χ4v) is 8.18. The molecule has 1 aromatic heterocycles. The molecular weight excluding hydrogens is 657 g/mol. The third-order valence-electron chi connectivity index (χ3n) is 10.5. The normalized spacial score (nSPS) is 11.6. The SMILES string of the molecule is N#Cc1cc(C#N)cc(-c2cccc(-n3c4ccc(-c5ccccc5)cc4c4ccc5c(c43)N(c3ccccc3)c3ccccc3-c3ccccc3-5)c2)c1. The lowest BCUT2D eigenvalue weighted by molar-refractivity contribution is 1.17. The van der Waals surface area contributed by atoms with Crippen molar-refractivity contribution in [3.8, 4) is 62.3 Å². The molecule has 0 amide bonds. The fraction of sp³-hybridized carbons (Fsp3) is 0. The Bertz CT molecular complexity index is 2980. The van der Waals surface area contributed by atoms with Gasteiger partial charge in [-0.15, -0.1) is 0 Å². The highest BCUT2D eigenvalue weighted by molar-refractivity contribution is 6.19. The molecule has 8 aromatic carbocycles. The van der Waals surface area contributed by atoms with E-state index in [1.807, 2.05) is 18.2 Å². The molecule has 2 heterocycles. The number of anilines is 3. The molecule has 0 saturated heterocycles. The fourth-order valence-electron chi connectivity index (χ4n) is 8.18. The van der Waals surface area contributed by atoms with Crippen LogP contribution in [0, 0.1) is 22.7 Å². The van der Waals surface area contributed by atoms with Crippen LogP contribution in [0.1, 0.15) is 11.1 Å². The van der Waals surface area contributed by atoms with Gasteiger partial charge in [-0.1, -0.05) is 121 Å². The number of fused-ring (bicyclic) bond motifs is 9. The van der Waals surface area contributed by atoms with Crippen LogP contribution < -0.4 is 4.90 Å². The summed E-state index contributed by atoms with van der Waals surface area (Å²) in [7, 11) is 0. The lowest BCUT2D eigenvalue weighted by Gasteiger charge is -2.28. The first-order valence-electron chi connectivity index (χ1n) is 18.0. The second kappa shape index (κ2) is 12.5.